The van der Waals surface area contributed by atoms with E-state index in [1.807, 2.05) is 12.1 Å². The summed E-state index contributed by atoms with van der Waals surface area (Å²) in [7, 11) is 1.77. The Labute approximate surface area is 93.1 Å². The lowest BCUT2D eigenvalue weighted by atomic mass is 10.0. The molecule has 1 fully saturated rings. The van der Waals surface area contributed by atoms with E-state index >= 15 is 0 Å². The van der Waals surface area contributed by atoms with Crippen LogP contribution < -0.4 is 11.4 Å². The monoisotopic (exact) mass is 217 g/mol. The first-order valence-electron chi connectivity index (χ1n) is 5.54. The van der Waals surface area contributed by atoms with Crippen molar-refractivity contribution < 1.29 is 0 Å². The standard InChI is InChI=1S/C12H15N3O/c1-15-10-3-2-8(7-12(13)4-5-12)6-9(10)14-11(15)16/h2-3,6H,4-5,7,13H2,1H3,(H,14,16). The first-order valence-corrected chi connectivity index (χ1v) is 5.54. The van der Waals surface area contributed by atoms with Gasteiger partial charge in [-0.05, 0) is 37.0 Å². The number of H-pyrrole nitrogens is 1. The van der Waals surface area contributed by atoms with E-state index in [0.29, 0.717) is 0 Å². The lowest BCUT2D eigenvalue weighted by Gasteiger charge is -2.08. The number of rotatable bonds is 2. The summed E-state index contributed by atoms with van der Waals surface area (Å²) in [4.78, 5) is 14.3. The summed E-state index contributed by atoms with van der Waals surface area (Å²) in [5, 5.41) is 0. The molecule has 1 aliphatic carbocycles. The Balaban J connectivity index is 2.05. The highest BCUT2D eigenvalue weighted by Gasteiger charge is 2.37. The fraction of sp³-hybridized carbons (Fsp3) is 0.417. The Morgan fingerprint density at radius 1 is 1.50 bits per heavy atom. The molecule has 0 amide bonds. The Morgan fingerprint density at radius 2 is 2.25 bits per heavy atom. The summed E-state index contributed by atoms with van der Waals surface area (Å²) in [6.45, 7) is 0. The minimum atomic E-state index is -0.0685. The Bertz CT molecular complexity index is 604. The van der Waals surface area contributed by atoms with Crippen molar-refractivity contribution in [1.29, 1.82) is 0 Å². The van der Waals surface area contributed by atoms with E-state index < -0.39 is 0 Å². The molecule has 4 heteroatoms. The molecule has 1 aromatic heterocycles. The predicted molar refractivity (Wildman–Crippen MR) is 63.4 cm³/mol. The summed E-state index contributed by atoms with van der Waals surface area (Å²) in [5.41, 5.74) is 9.07. The average Bonchev–Trinajstić information content (AvgIpc) is 2.88. The zero-order valence-corrected chi connectivity index (χ0v) is 9.29. The number of fused-ring (bicyclic) bond motifs is 1. The Hall–Kier alpha value is -1.55. The van der Waals surface area contributed by atoms with E-state index in [2.05, 4.69) is 11.1 Å². The molecular weight excluding hydrogens is 202 g/mol. The molecule has 1 heterocycles. The van der Waals surface area contributed by atoms with Crippen LogP contribution in [0.1, 0.15) is 18.4 Å². The number of hydrogen-bond acceptors (Lipinski definition) is 2. The quantitative estimate of drug-likeness (QED) is 0.785. The van der Waals surface area contributed by atoms with Crippen LogP contribution in [0.15, 0.2) is 23.0 Å². The van der Waals surface area contributed by atoms with Gasteiger partial charge in [-0.2, -0.15) is 0 Å². The van der Waals surface area contributed by atoms with Gasteiger partial charge in [-0.1, -0.05) is 6.07 Å². The minimum absolute atomic E-state index is 0.0166. The van der Waals surface area contributed by atoms with Gasteiger partial charge in [-0.15, -0.1) is 0 Å². The average molecular weight is 217 g/mol. The molecule has 3 N–H and O–H groups in total. The molecular formula is C12H15N3O. The molecule has 0 saturated heterocycles. The maximum atomic E-state index is 11.4. The van der Waals surface area contributed by atoms with Crippen LogP contribution in [0.5, 0.6) is 0 Å². The lowest BCUT2D eigenvalue weighted by molar-refractivity contribution is 0.672. The van der Waals surface area contributed by atoms with Gasteiger partial charge in [0.25, 0.3) is 0 Å². The third-order valence-electron chi connectivity index (χ3n) is 3.42. The van der Waals surface area contributed by atoms with Gasteiger partial charge >= 0.3 is 5.69 Å². The molecule has 0 radical (unpaired) electrons. The van der Waals surface area contributed by atoms with E-state index in [1.165, 1.54) is 5.56 Å². The highest BCUT2D eigenvalue weighted by molar-refractivity contribution is 5.76. The van der Waals surface area contributed by atoms with Gasteiger partial charge < -0.3 is 10.7 Å². The second-order valence-corrected chi connectivity index (χ2v) is 4.88. The lowest BCUT2D eigenvalue weighted by Crippen LogP contribution is -2.24. The molecule has 2 aromatic rings. The fourth-order valence-electron chi connectivity index (χ4n) is 2.14. The SMILES string of the molecule is Cn1c(=O)[nH]c2cc(CC3(N)CC3)ccc21. The van der Waals surface area contributed by atoms with Gasteiger partial charge in [0.15, 0.2) is 0 Å². The molecule has 0 atom stereocenters. The summed E-state index contributed by atoms with van der Waals surface area (Å²) in [5.74, 6) is 0. The normalized spacial score (nSPS) is 17.9. The highest BCUT2D eigenvalue weighted by atomic mass is 16.1. The zero-order chi connectivity index (χ0) is 11.3. The molecule has 1 aliphatic rings. The number of benzene rings is 1. The van der Waals surface area contributed by atoms with Gasteiger partial charge in [0.1, 0.15) is 0 Å². The molecule has 0 aliphatic heterocycles. The molecule has 84 valence electrons. The van der Waals surface area contributed by atoms with Crippen LogP contribution in [-0.4, -0.2) is 15.1 Å². The topological polar surface area (TPSA) is 63.8 Å². The first-order chi connectivity index (χ1) is 7.57. The predicted octanol–water partition coefficient (Wildman–Crippen LogP) is 0.900. The zero-order valence-electron chi connectivity index (χ0n) is 9.29. The number of imidazole rings is 1. The molecule has 0 spiro atoms. The van der Waals surface area contributed by atoms with E-state index in [4.69, 9.17) is 5.73 Å². The summed E-state index contributed by atoms with van der Waals surface area (Å²) >= 11 is 0. The number of aryl methyl sites for hydroxylation is 1. The maximum Gasteiger partial charge on any atom is 0.326 e. The van der Waals surface area contributed by atoms with E-state index in [1.54, 1.807) is 11.6 Å². The number of hydrogen-bond donors (Lipinski definition) is 2. The Morgan fingerprint density at radius 3 is 2.94 bits per heavy atom. The molecule has 1 saturated carbocycles. The van der Waals surface area contributed by atoms with Crippen molar-refractivity contribution in [3.63, 3.8) is 0 Å². The minimum Gasteiger partial charge on any atom is -0.325 e. The largest absolute Gasteiger partial charge is 0.326 e. The third kappa shape index (κ3) is 1.46. The van der Waals surface area contributed by atoms with Crippen molar-refractivity contribution in [1.82, 2.24) is 9.55 Å². The summed E-state index contributed by atoms with van der Waals surface area (Å²) in [6.07, 6.45) is 3.12. The van der Waals surface area contributed by atoms with Crippen molar-refractivity contribution in [2.24, 2.45) is 12.8 Å². The van der Waals surface area contributed by atoms with Gasteiger partial charge in [0, 0.05) is 12.6 Å². The Kier molecular flexibility index (Phi) is 1.80. The second kappa shape index (κ2) is 2.98. The van der Waals surface area contributed by atoms with Crippen molar-refractivity contribution in [3.05, 3.63) is 34.2 Å². The van der Waals surface area contributed by atoms with Crippen LogP contribution in [0.3, 0.4) is 0 Å². The van der Waals surface area contributed by atoms with Gasteiger partial charge in [-0.3, -0.25) is 4.57 Å². The number of nitrogens with one attached hydrogen (secondary N) is 1. The number of aromatic amines is 1. The van der Waals surface area contributed by atoms with E-state index in [9.17, 15) is 4.79 Å². The number of nitrogens with two attached hydrogens (primary N) is 1. The summed E-state index contributed by atoms with van der Waals surface area (Å²) in [6, 6.07) is 6.07. The fourth-order valence-corrected chi connectivity index (χ4v) is 2.14. The number of aromatic nitrogens is 2. The summed E-state index contributed by atoms with van der Waals surface area (Å²) < 4.78 is 1.62. The van der Waals surface area contributed by atoms with Crippen molar-refractivity contribution >= 4 is 11.0 Å². The highest BCUT2D eigenvalue weighted by Crippen LogP contribution is 2.35. The maximum absolute atomic E-state index is 11.4. The van der Waals surface area contributed by atoms with E-state index in [-0.39, 0.29) is 11.2 Å². The van der Waals surface area contributed by atoms with Crippen molar-refractivity contribution in [2.75, 3.05) is 0 Å². The third-order valence-corrected chi connectivity index (χ3v) is 3.42. The van der Waals surface area contributed by atoms with Crippen LogP contribution in [0, 0.1) is 0 Å². The van der Waals surface area contributed by atoms with Crippen LogP contribution in [0.2, 0.25) is 0 Å². The second-order valence-electron chi connectivity index (χ2n) is 4.88. The van der Waals surface area contributed by atoms with Crippen molar-refractivity contribution in [2.45, 2.75) is 24.8 Å². The molecule has 16 heavy (non-hydrogen) atoms. The van der Waals surface area contributed by atoms with Gasteiger partial charge in [0.2, 0.25) is 0 Å². The molecule has 1 aromatic carbocycles. The van der Waals surface area contributed by atoms with Crippen LogP contribution in [0.4, 0.5) is 0 Å². The molecule has 4 nitrogen and oxygen atoms in total. The molecule has 0 unspecified atom stereocenters. The van der Waals surface area contributed by atoms with Crippen LogP contribution >= 0.6 is 0 Å². The van der Waals surface area contributed by atoms with Crippen molar-refractivity contribution in [3.8, 4) is 0 Å². The van der Waals surface area contributed by atoms with Crippen LogP contribution in [0.25, 0.3) is 11.0 Å². The van der Waals surface area contributed by atoms with Crippen LogP contribution in [-0.2, 0) is 13.5 Å². The molecule has 0 bridgehead atoms. The smallest absolute Gasteiger partial charge is 0.325 e. The van der Waals surface area contributed by atoms with Gasteiger partial charge in [-0.25, -0.2) is 4.79 Å². The van der Waals surface area contributed by atoms with Gasteiger partial charge in [0.05, 0.1) is 11.0 Å². The molecule has 3 rings (SSSR count). The number of nitrogens with zero attached hydrogens (tertiary/aromatic N) is 1. The first kappa shape index (κ1) is 9.66. The van der Waals surface area contributed by atoms with E-state index in [0.717, 1.165) is 30.3 Å².